The molecule has 0 aliphatic heterocycles. The van der Waals surface area contributed by atoms with E-state index in [1.54, 1.807) is 29.8 Å². The number of hydrogen-bond acceptors (Lipinski definition) is 4. The lowest BCUT2D eigenvalue weighted by atomic mass is 10.4. The highest BCUT2D eigenvalue weighted by atomic mass is 35.5. The zero-order valence-corrected chi connectivity index (χ0v) is 10.5. The van der Waals surface area contributed by atoms with Gasteiger partial charge in [0.25, 0.3) is 0 Å². The van der Waals surface area contributed by atoms with Crippen LogP contribution in [0.3, 0.4) is 0 Å². The molecule has 3 nitrogen and oxygen atoms in total. The first kappa shape index (κ1) is 11.4. The Balaban J connectivity index is 1.99. The predicted octanol–water partition coefficient (Wildman–Crippen LogP) is 3.37. The SMILES string of the molecule is CCc1ncc(CNc2cnccc2Cl)s1. The van der Waals surface area contributed by atoms with E-state index in [0.717, 1.165) is 23.7 Å². The highest BCUT2D eigenvalue weighted by Gasteiger charge is 2.02. The van der Waals surface area contributed by atoms with Crippen molar-refractivity contribution in [1.82, 2.24) is 9.97 Å². The second kappa shape index (κ2) is 5.27. The van der Waals surface area contributed by atoms with Gasteiger partial charge >= 0.3 is 0 Å². The average Bonchev–Trinajstić information content (AvgIpc) is 2.76. The van der Waals surface area contributed by atoms with Crippen molar-refractivity contribution in [2.45, 2.75) is 19.9 Å². The molecule has 0 spiro atoms. The summed E-state index contributed by atoms with van der Waals surface area (Å²) < 4.78 is 0. The highest BCUT2D eigenvalue weighted by Crippen LogP contribution is 2.21. The smallest absolute Gasteiger partial charge is 0.0925 e. The molecule has 2 rings (SSSR count). The maximum atomic E-state index is 6.01. The second-order valence-corrected chi connectivity index (χ2v) is 4.89. The summed E-state index contributed by atoms with van der Waals surface area (Å²) in [6.07, 6.45) is 6.29. The van der Waals surface area contributed by atoms with Gasteiger partial charge in [-0.05, 0) is 12.5 Å². The van der Waals surface area contributed by atoms with Crippen LogP contribution < -0.4 is 5.32 Å². The molecular formula is C11H12ClN3S. The summed E-state index contributed by atoms with van der Waals surface area (Å²) in [6.45, 7) is 2.84. The van der Waals surface area contributed by atoms with Crippen molar-refractivity contribution in [2.24, 2.45) is 0 Å². The third-order valence-electron chi connectivity index (χ3n) is 2.12. The van der Waals surface area contributed by atoms with Crippen LogP contribution in [0.1, 0.15) is 16.8 Å². The van der Waals surface area contributed by atoms with Crippen LogP contribution in [0.4, 0.5) is 5.69 Å². The van der Waals surface area contributed by atoms with Gasteiger partial charge in [-0.15, -0.1) is 11.3 Å². The van der Waals surface area contributed by atoms with E-state index >= 15 is 0 Å². The van der Waals surface area contributed by atoms with Gasteiger partial charge in [0, 0.05) is 17.3 Å². The minimum absolute atomic E-state index is 0.690. The fourth-order valence-electron chi connectivity index (χ4n) is 1.28. The van der Waals surface area contributed by atoms with Gasteiger partial charge in [-0.1, -0.05) is 18.5 Å². The molecule has 0 radical (unpaired) electrons. The number of rotatable bonds is 4. The molecule has 2 aromatic rings. The molecule has 1 N–H and O–H groups in total. The van der Waals surface area contributed by atoms with Gasteiger partial charge in [-0.3, -0.25) is 4.98 Å². The molecule has 0 fully saturated rings. The Kier molecular flexibility index (Phi) is 3.74. The van der Waals surface area contributed by atoms with Gasteiger partial charge in [0.05, 0.1) is 28.5 Å². The topological polar surface area (TPSA) is 37.8 Å². The summed E-state index contributed by atoms with van der Waals surface area (Å²) in [7, 11) is 0. The molecule has 2 heterocycles. The largest absolute Gasteiger partial charge is 0.378 e. The van der Waals surface area contributed by atoms with Crippen LogP contribution in [0.2, 0.25) is 5.02 Å². The maximum absolute atomic E-state index is 6.01. The van der Waals surface area contributed by atoms with Crippen molar-refractivity contribution in [3.8, 4) is 0 Å². The summed E-state index contributed by atoms with van der Waals surface area (Å²) >= 11 is 7.73. The molecule has 0 saturated heterocycles. The summed E-state index contributed by atoms with van der Waals surface area (Å²) in [4.78, 5) is 9.52. The first-order valence-corrected chi connectivity index (χ1v) is 6.26. The Morgan fingerprint density at radius 3 is 3.00 bits per heavy atom. The van der Waals surface area contributed by atoms with Gasteiger partial charge < -0.3 is 5.32 Å². The Bertz CT molecular complexity index is 470. The fourth-order valence-corrected chi connectivity index (χ4v) is 2.26. The Labute approximate surface area is 104 Å². The second-order valence-electron chi connectivity index (χ2n) is 3.28. The Morgan fingerprint density at radius 1 is 1.44 bits per heavy atom. The van der Waals surface area contributed by atoms with E-state index in [9.17, 15) is 0 Å². The normalized spacial score (nSPS) is 10.4. The van der Waals surface area contributed by atoms with Gasteiger partial charge in [0.15, 0.2) is 0 Å². The third kappa shape index (κ3) is 2.71. The van der Waals surface area contributed by atoms with E-state index in [1.807, 2.05) is 6.20 Å². The van der Waals surface area contributed by atoms with E-state index in [2.05, 4.69) is 22.2 Å². The molecule has 84 valence electrons. The Hall–Kier alpha value is -1.13. The summed E-state index contributed by atoms with van der Waals surface area (Å²) in [6, 6.07) is 1.77. The summed E-state index contributed by atoms with van der Waals surface area (Å²) in [5, 5.41) is 5.09. The molecule has 0 unspecified atom stereocenters. The predicted molar refractivity (Wildman–Crippen MR) is 68.1 cm³/mol. The van der Waals surface area contributed by atoms with Crippen LogP contribution in [0.5, 0.6) is 0 Å². The number of anilines is 1. The number of nitrogens with one attached hydrogen (secondary N) is 1. The lowest BCUT2D eigenvalue weighted by Crippen LogP contribution is -1.98. The standard InChI is InChI=1S/C11H12ClN3S/c1-2-11-15-6-8(16-11)5-14-10-7-13-4-3-9(10)12/h3-4,6-7,14H,2,5H2,1H3. The van der Waals surface area contributed by atoms with E-state index in [1.165, 1.54) is 4.88 Å². The van der Waals surface area contributed by atoms with Crippen molar-refractivity contribution in [3.05, 3.63) is 39.6 Å². The van der Waals surface area contributed by atoms with Crippen molar-refractivity contribution in [2.75, 3.05) is 5.32 Å². The number of pyridine rings is 1. The highest BCUT2D eigenvalue weighted by molar-refractivity contribution is 7.11. The van der Waals surface area contributed by atoms with Gasteiger partial charge in [-0.25, -0.2) is 4.98 Å². The molecule has 0 aromatic carbocycles. The molecule has 16 heavy (non-hydrogen) atoms. The zero-order valence-electron chi connectivity index (χ0n) is 8.90. The maximum Gasteiger partial charge on any atom is 0.0925 e. The van der Waals surface area contributed by atoms with Gasteiger partial charge in [0.2, 0.25) is 0 Å². The minimum Gasteiger partial charge on any atom is -0.378 e. The molecule has 0 aliphatic carbocycles. The van der Waals surface area contributed by atoms with E-state index in [0.29, 0.717) is 5.02 Å². The van der Waals surface area contributed by atoms with Crippen molar-refractivity contribution < 1.29 is 0 Å². The van der Waals surface area contributed by atoms with Crippen molar-refractivity contribution >= 4 is 28.6 Å². The monoisotopic (exact) mass is 253 g/mol. The van der Waals surface area contributed by atoms with Gasteiger partial charge in [0.1, 0.15) is 0 Å². The minimum atomic E-state index is 0.690. The molecule has 0 atom stereocenters. The molecule has 0 amide bonds. The number of hydrogen-bond donors (Lipinski definition) is 1. The number of aryl methyl sites for hydroxylation is 1. The van der Waals surface area contributed by atoms with Crippen LogP contribution in [0.25, 0.3) is 0 Å². The molecule has 0 saturated carbocycles. The Morgan fingerprint density at radius 2 is 2.31 bits per heavy atom. The number of aromatic nitrogens is 2. The molecule has 0 aliphatic rings. The summed E-state index contributed by atoms with van der Waals surface area (Å²) in [5.74, 6) is 0. The van der Waals surface area contributed by atoms with Crippen LogP contribution in [0, 0.1) is 0 Å². The van der Waals surface area contributed by atoms with E-state index in [4.69, 9.17) is 11.6 Å². The van der Waals surface area contributed by atoms with Crippen LogP contribution >= 0.6 is 22.9 Å². The first-order chi connectivity index (χ1) is 7.79. The molecule has 2 aromatic heterocycles. The van der Waals surface area contributed by atoms with E-state index in [-0.39, 0.29) is 0 Å². The lowest BCUT2D eigenvalue weighted by Gasteiger charge is -2.05. The van der Waals surface area contributed by atoms with Crippen LogP contribution in [-0.2, 0) is 13.0 Å². The first-order valence-electron chi connectivity index (χ1n) is 5.06. The average molecular weight is 254 g/mol. The quantitative estimate of drug-likeness (QED) is 0.908. The van der Waals surface area contributed by atoms with Crippen molar-refractivity contribution in [1.29, 1.82) is 0 Å². The third-order valence-corrected chi connectivity index (χ3v) is 3.60. The molecule has 0 bridgehead atoms. The lowest BCUT2D eigenvalue weighted by molar-refractivity contribution is 1.09. The number of thiazole rings is 1. The van der Waals surface area contributed by atoms with Crippen LogP contribution in [0.15, 0.2) is 24.7 Å². The fraction of sp³-hybridized carbons (Fsp3) is 0.273. The summed E-state index contributed by atoms with van der Waals surface area (Å²) in [5.41, 5.74) is 0.857. The van der Waals surface area contributed by atoms with Crippen molar-refractivity contribution in [3.63, 3.8) is 0 Å². The number of halogens is 1. The van der Waals surface area contributed by atoms with Gasteiger partial charge in [-0.2, -0.15) is 0 Å². The molecule has 5 heteroatoms. The zero-order chi connectivity index (χ0) is 11.4. The number of nitrogens with zero attached hydrogens (tertiary/aromatic N) is 2. The van der Waals surface area contributed by atoms with E-state index < -0.39 is 0 Å². The van der Waals surface area contributed by atoms with Crippen LogP contribution in [-0.4, -0.2) is 9.97 Å². The molecular weight excluding hydrogens is 242 g/mol.